The highest BCUT2D eigenvalue weighted by molar-refractivity contribution is 7.17. The molecule has 0 aromatic carbocycles. The summed E-state index contributed by atoms with van der Waals surface area (Å²) < 4.78 is 1.87. The molecule has 0 atom stereocenters. The van der Waals surface area contributed by atoms with E-state index in [1.165, 1.54) is 33.1 Å². The van der Waals surface area contributed by atoms with Crippen molar-refractivity contribution in [2.75, 3.05) is 7.05 Å². The summed E-state index contributed by atoms with van der Waals surface area (Å²) in [7, 11) is 1.60. The molecule has 3 heterocycles. The van der Waals surface area contributed by atoms with E-state index in [0.29, 0.717) is 22.6 Å². The smallest absolute Gasteiger partial charge is 0.274 e. The third-order valence-corrected chi connectivity index (χ3v) is 4.81. The Balaban J connectivity index is 1.80. The summed E-state index contributed by atoms with van der Waals surface area (Å²) in [6.07, 6.45) is 1.74. The van der Waals surface area contributed by atoms with E-state index in [1.54, 1.807) is 18.5 Å². The van der Waals surface area contributed by atoms with Crippen LogP contribution in [-0.2, 0) is 13.1 Å². The molecule has 3 aromatic heterocycles. The van der Waals surface area contributed by atoms with E-state index in [4.69, 9.17) is 0 Å². The van der Waals surface area contributed by atoms with Crippen LogP contribution in [0.2, 0.25) is 0 Å². The van der Waals surface area contributed by atoms with Crippen LogP contribution in [0.25, 0.3) is 10.2 Å². The van der Waals surface area contributed by atoms with Crippen LogP contribution in [0.5, 0.6) is 0 Å². The minimum atomic E-state index is -0.344. The van der Waals surface area contributed by atoms with Gasteiger partial charge in [0.05, 0.1) is 12.1 Å². The van der Waals surface area contributed by atoms with Crippen LogP contribution in [0, 0.1) is 0 Å². The highest BCUT2D eigenvalue weighted by Crippen LogP contribution is 2.14. The number of nitrogens with one attached hydrogen (secondary N) is 1. The van der Waals surface area contributed by atoms with Crippen LogP contribution < -0.4 is 11.1 Å². The van der Waals surface area contributed by atoms with Gasteiger partial charge in [0.25, 0.3) is 17.0 Å². The number of hydrogen-bond acceptors (Lipinski definition) is 6. The molecule has 0 bridgehead atoms. The van der Waals surface area contributed by atoms with Gasteiger partial charge < -0.3 is 9.88 Å². The van der Waals surface area contributed by atoms with E-state index in [2.05, 4.69) is 15.1 Å². The predicted octanol–water partition coefficient (Wildman–Crippen LogP) is 1.61. The van der Waals surface area contributed by atoms with Gasteiger partial charge in [0.15, 0.2) is 0 Å². The van der Waals surface area contributed by atoms with E-state index < -0.39 is 0 Å². The van der Waals surface area contributed by atoms with Crippen molar-refractivity contribution in [1.82, 2.24) is 24.6 Å². The Kier molecular flexibility index (Phi) is 5.27. The molecule has 9 heteroatoms. The fourth-order valence-corrected chi connectivity index (χ4v) is 3.25. The van der Waals surface area contributed by atoms with Crippen molar-refractivity contribution in [3.05, 3.63) is 55.8 Å². The highest BCUT2D eigenvalue weighted by Gasteiger charge is 2.16. The average Bonchev–Trinajstić information content (AvgIpc) is 3.09. The molecular formula is C17H19N5O3S. The second-order valence-electron chi connectivity index (χ2n) is 5.94. The van der Waals surface area contributed by atoms with Crippen molar-refractivity contribution in [3.63, 3.8) is 0 Å². The molecule has 1 amide bonds. The number of carbonyl (C=O) groups excluding carboxylic acids is 1. The maximum absolute atomic E-state index is 12.6. The SMILES string of the molecule is CCCCn1nc(C(=O)N(C)Cc2nc3ccsc3c(=O)[nH]2)ccc1=O. The maximum atomic E-state index is 12.6. The number of H-pyrrole nitrogens is 1. The second kappa shape index (κ2) is 7.61. The largest absolute Gasteiger partial charge is 0.333 e. The summed E-state index contributed by atoms with van der Waals surface area (Å²) in [5.41, 5.74) is 0.349. The number of thiophene rings is 1. The lowest BCUT2D eigenvalue weighted by atomic mass is 10.3. The summed E-state index contributed by atoms with van der Waals surface area (Å²) in [5, 5.41) is 5.95. The van der Waals surface area contributed by atoms with Crippen molar-refractivity contribution >= 4 is 27.5 Å². The van der Waals surface area contributed by atoms with Crippen molar-refractivity contribution in [3.8, 4) is 0 Å². The summed E-state index contributed by atoms with van der Waals surface area (Å²) >= 11 is 1.32. The number of aromatic amines is 1. The molecule has 0 radical (unpaired) electrons. The van der Waals surface area contributed by atoms with Crippen LogP contribution in [0.15, 0.2) is 33.2 Å². The molecular weight excluding hydrogens is 354 g/mol. The number of fused-ring (bicyclic) bond motifs is 1. The highest BCUT2D eigenvalue weighted by atomic mass is 32.1. The van der Waals surface area contributed by atoms with Crippen LogP contribution >= 0.6 is 11.3 Å². The maximum Gasteiger partial charge on any atom is 0.274 e. The molecule has 8 nitrogen and oxygen atoms in total. The molecule has 26 heavy (non-hydrogen) atoms. The number of aromatic nitrogens is 4. The number of amides is 1. The third-order valence-electron chi connectivity index (χ3n) is 3.91. The molecule has 0 fully saturated rings. The van der Waals surface area contributed by atoms with Gasteiger partial charge in [0, 0.05) is 19.7 Å². The minimum Gasteiger partial charge on any atom is -0.333 e. The summed E-state index contributed by atoms with van der Waals surface area (Å²) in [5.74, 6) is 0.0550. The number of unbranched alkanes of at least 4 members (excludes halogenated alkanes) is 1. The Morgan fingerprint density at radius 2 is 2.12 bits per heavy atom. The molecule has 0 aliphatic carbocycles. The summed E-state index contributed by atoms with van der Waals surface area (Å²) in [4.78, 5) is 44.9. The molecule has 136 valence electrons. The number of nitrogens with zero attached hydrogens (tertiary/aromatic N) is 4. The lowest BCUT2D eigenvalue weighted by Gasteiger charge is -2.16. The van der Waals surface area contributed by atoms with Gasteiger partial charge in [-0.15, -0.1) is 11.3 Å². The minimum absolute atomic E-state index is 0.135. The molecule has 3 rings (SSSR count). The molecule has 0 unspecified atom stereocenters. The van der Waals surface area contributed by atoms with Crippen molar-refractivity contribution in [1.29, 1.82) is 0 Å². The molecule has 0 aliphatic rings. The first-order valence-corrected chi connectivity index (χ1v) is 9.17. The van der Waals surface area contributed by atoms with Crippen LogP contribution in [0.1, 0.15) is 36.1 Å². The monoisotopic (exact) mass is 373 g/mol. The van der Waals surface area contributed by atoms with Crippen molar-refractivity contribution in [2.24, 2.45) is 0 Å². The molecule has 0 saturated heterocycles. The molecule has 0 saturated carbocycles. The first-order chi connectivity index (χ1) is 12.5. The molecule has 0 aliphatic heterocycles. The standard InChI is InChI=1S/C17H19N5O3S/c1-3-4-8-22-14(23)6-5-12(20-22)17(25)21(2)10-13-18-11-7-9-26-15(11)16(24)19-13/h5-7,9H,3-4,8,10H2,1-2H3,(H,18,19,24). The Bertz CT molecular complexity index is 1050. The fourth-order valence-electron chi connectivity index (χ4n) is 2.52. The van der Waals surface area contributed by atoms with Gasteiger partial charge in [-0.3, -0.25) is 14.4 Å². The van der Waals surface area contributed by atoms with Gasteiger partial charge in [-0.25, -0.2) is 9.67 Å². The van der Waals surface area contributed by atoms with Crippen LogP contribution in [-0.4, -0.2) is 37.6 Å². The number of rotatable bonds is 6. The number of carbonyl (C=O) groups is 1. The third kappa shape index (κ3) is 3.72. The second-order valence-corrected chi connectivity index (χ2v) is 6.86. The summed E-state index contributed by atoms with van der Waals surface area (Å²) in [6, 6.07) is 4.54. The molecule has 3 aromatic rings. The molecule has 0 spiro atoms. The zero-order valence-corrected chi connectivity index (χ0v) is 15.4. The first kappa shape index (κ1) is 18.0. The normalized spacial score (nSPS) is 11.0. The quantitative estimate of drug-likeness (QED) is 0.707. The van der Waals surface area contributed by atoms with Gasteiger partial charge in [0.1, 0.15) is 16.2 Å². The Hall–Kier alpha value is -2.81. The van der Waals surface area contributed by atoms with Crippen LogP contribution in [0.3, 0.4) is 0 Å². The zero-order chi connectivity index (χ0) is 18.7. The van der Waals surface area contributed by atoms with Gasteiger partial charge >= 0.3 is 0 Å². The Morgan fingerprint density at radius 3 is 2.88 bits per heavy atom. The lowest BCUT2D eigenvalue weighted by Crippen LogP contribution is -2.32. The fraction of sp³-hybridized carbons (Fsp3) is 0.353. The van der Waals surface area contributed by atoms with Crippen molar-refractivity contribution in [2.45, 2.75) is 32.9 Å². The Morgan fingerprint density at radius 1 is 1.31 bits per heavy atom. The Labute approximate surface area is 153 Å². The lowest BCUT2D eigenvalue weighted by molar-refractivity contribution is 0.0772. The van der Waals surface area contributed by atoms with Gasteiger partial charge in [-0.2, -0.15) is 5.10 Å². The van der Waals surface area contributed by atoms with Crippen LogP contribution in [0.4, 0.5) is 0 Å². The van der Waals surface area contributed by atoms with E-state index in [0.717, 1.165) is 12.8 Å². The molecule has 1 N–H and O–H groups in total. The first-order valence-electron chi connectivity index (χ1n) is 8.29. The topological polar surface area (TPSA) is 101 Å². The van der Waals surface area contributed by atoms with Gasteiger partial charge in [-0.1, -0.05) is 13.3 Å². The summed E-state index contributed by atoms with van der Waals surface area (Å²) in [6.45, 7) is 2.63. The zero-order valence-electron chi connectivity index (χ0n) is 14.6. The van der Waals surface area contributed by atoms with Gasteiger partial charge in [0.2, 0.25) is 0 Å². The van der Waals surface area contributed by atoms with E-state index in [9.17, 15) is 14.4 Å². The van der Waals surface area contributed by atoms with E-state index >= 15 is 0 Å². The van der Waals surface area contributed by atoms with Crippen molar-refractivity contribution < 1.29 is 4.79 Å². The van der Waals surface area contributed by atoms with E-state index in [-0.39, 0.29) is 29.3 Å². The number of hydrogen-bond donors (Lipinski definition) is 1. The average molecular weight is 373 g/mol. The van der Waals surface area contributed by atoms with Gasteiger partial charge in [-0.05, 0) is 23.9 Å². The number of aryl methyl sites for hydroxylation is 1. The van der Waals surface area contributed by atoms with E-state index in [1.807, 2.05) is 6.92 Å². The predicted molar refractivity (Wildman–Crippen MR) is 99.4 cm³/mol.